The van der Waals surface area contributed by atoms with Crippen molar-refractivity contribution in [3.05, 3.63) is 53.9 Å². The van der Waals surface area contributed by atoms with E-state index in [1.54, 1.807) is 24.1 Å². The van der Waals surface area contributed by atoms with Crippen LogP contribution in [0.2, 0.25) is 0 Å². The first-order valence-electron chi connectivity index (χ1n) is 6.75. The molecule has 22 heavy (non-hydrogen) atoms. The zero-order valence-electron chi connectivity index (χ0n) is 12.3. The summed E-state index contributed by atoms with van der Waals surface area (Å²) in [6.45, 7) is 0.508. The number of fused-ring (bicyclic) bond motifs is 1. The van der Waals surface area contributed by atoms with Crippen LogP contribution < -0.4 is 4.74 Å². The standard InChI is InChI=1S/C16H15N3O3/c1-21-12-7-5-11(6-8-12)10-19-15-13(4-3-9-17-15)14(18-19)16(20)22-2/h3-9H,10H2,1-2H3. The van der Waals surface area contributed by atoms with Crippen molar-refractivity contribution < 1.29 is 14.3 Å². The minimum Gasteiger partial charge on any atom is -0.497 e. The summed E-state index contributed by atoms with van der Waals surface area (Å²) in [6.07, 6.45) is 1.68. The van der Waals surface area contributed by atoms with Crippen LogP contribution in [0.25, 0.3) is 11.0 Å². The largest absolute Gasteiger partial charge is 0.497 e. The summed E-state index contributed by atoms with van der Waals surface area (Å²) in [5.74, 6) is 0.328. The molecule has 3 rings (SSSR count). The number of hydrogen-bond donors (Lipinski definition) is 0. The van der Waals surface area contributed by atoms with Crippen molar-refractivity contribution in [1.29, 1.82) is 0 Å². The van der Waals surface area contributed by atoms with Crippen LogP contribution in [0, 0.1) is 0 Å². The average Bonchev–Trinajstić information content (AvgIpc) is 2.94. The Hall–Kier alpha value is -2.89. The third kappa shape index (κ3) is 2.50. The van der Waals surface area contributed by atoms with Gasteiger partial charge in [-0.25, -0.2) is 14.5 Å². The van der Waals surface area contributed by atoms with E-state index in [2.05, 4.69) is 10.1 Å². The van der Waals surface area contributed by atoms with E-state index in [1.807, 2.05) is 30.3 Å². The van der Waals surface area contributed by atoms with Gasteiger partial charge in [-0.05, 0) is 29.8 Å². The average molecular weight is 297 g/mol. The molecule has 6 heteroatoms. The van der Waals surface area contributed by atoms with Crippen molar-refractivity contribution in [3.8, 4) is 5.75 Å². The Morgan fingerprint density at radius 3 is 2.64 bits per heavy atom. The number of carbonyl (C=O) groups is 1. The summed E-state index contributed by atoms with van der Waals surface area (Å²) in [5, 5.41) is 5.03. The summed E-state index contributed by atoms with van der Waals surface area (Å²) in [5.41, 5.74) is 1.96. The van der Waals surface area contributed by atoms with Crippen LogP contribution in [0.15, 0.2) is 42.6 Å². The third-order valence-electron chi connectivity index (χ3n) is 3.38. The summed E-state index contributed by atoms with van der Waals surface area (Å²) < 4.78 is 11.6. The number of pyridine rings is 1. The number of benzene rings is 1. The number of methoxy groups -OCH3 is 2. The fourth-order valence-electron chi connectivity index (χ4n) is 2.27. The molecule has 2 aromatic heterocycles. The molecular formula is C16H15N3O3. The van der Waals surface area contributed by atoms with Crippen molar-refractivity contribution in [3.63, 3.8) is 0 Å². The van der Waals surface area contributed by atoms with E-state index in [4.69, 9.17) is 9.47 Å². The van der Waals surface area contributed by atoms with Crippen LogP contribution in [0.3, 0.4) is 0 Å². The molecule has 0 amide bonds. The Kier molecular flexibility index (Phi) is 3.74. The molecular weight excluding hydrogens is 282 g/mol. The molecule has 0 spiro atoms. The summed E-state index contributed by atoms with van der Waals surface area (Å²) in [7, 11) is 2.97. The minimum atomic E-state index is -0.466. The second-order valence-corrected chi connectivity index (χ2v) is 4.72. The van der Waals surface area contributed by atoms with Crippen LogP contribution in [0.4, 0.5) is 0 Å². The first kappa shape index (κ1) is 14.1. The summed E-state index contributed by atoms with van der Waals surface area (Å²) in [6, 6.07) is 11.3. The number of nitrogens with zero attached hydrogens (tertiary/aromatic N) is 3. The van der Waals surface area contributed by atoms with Crippen LogP contribution in [-0.2, 0) is 11.3 Å². The van der Waals surface area contributed by atoms with Crippen molar-refractivity contribution in [1.82, 2.24) is 14.8 Å². The number of esters is 1. The second-order valence-electron chi connectivity index (χ2n) is 4.72. The highest BCUT2D eigenvalue weighted by Crippen LogP contribution is 2.19. The van der Waals surface area contributed by atoms with Gasteiger partial charge in [-0.3, -0.25) is 0 Å². The fourth-order valence-corrected chi connectivity index (χ4v) is 2.27. The van der Waals surface area contributed by atoms with Gasteiger partial charge in [0.25, 0.3) is 0 Å². The van der Waals surface area contributed by atoms with Gasteiger partial charge in [0.1, 0.15) is 5.75 Å². The molecule has 0 aliphatic carbocycles. The van der Waals surface area contributed by atoms with Gasteiger partial charge >= 0.3 is 5.97 Å². The highest BCUT2D eigenvalue weighted by atomic mass is 16.5. The maximum absolute atomic E-state index is 11.8. The third-order valence-corrected chi connectivity index (χ3v) is 3.38. The highest BCUT2D eigenvalue weighted by molar-refractivity contribution is 6.00. The van der Waals surface area contributed by atoms with Gasteiger partial charge in [-0.2, -0.15) is 5.10 Å². The molecule has 0 aliphatic rings. The molecule has 3 aromatic rings. The van der Waals surface area contributed by atoms with Crippen LogP contribution >= 0.6 is 0 Å². The SMILES string of the molecule is COC(=O)c1nn(Cc2ccc(OC)cc2)c2ncccc12. The predicted octanol–water partition coefficient (Wildman–Crippen LogP) is 2.27. The van der Waals surface area contributed by atoms with Gasteiger partial charge in [0.15, 0.2) is 11.3 Å². The molecule has 112 valence electrons. The second kappa shape index (κ2) is 5.85. The lowest BCUT2D eigenvalue weighted by atomic mass is 10.2. The lowest BCUT2D eigenvalue weighted by molar-refractivity contribution is 0.0595. The van der Waals surface area contributed by atoms with Gasteiger partial charge in [-0.1, -0.05) is 12.1 Å². The van der Waals surface area contributed by atoms with Crippen molar-refractivity contribution >= 4 is 17.0 Å². The fraction of sp³-hybridized carbons (Fsp3) is 0.188. The van der Waals surface area contributed by atoms with Crippen molar-refractivity contribution in [2.24, 2.45) is 0 Å². The van der Waals surface area contributed by atoms with E-state index in [0.29, 0.717) is 17.6 Å². The molecule has 6 nitrogen and oxygen atoms in total. The Balaban J connectivity index is 2.01. The van der Waals surface area contributed by atoms with E-state index >= 15 is 0 Å². The van der Waals surface area contributed by atoms with Crippen molar-refractivity contribution in [2.45, 2.75) is 6.54 Å². The van der Waals surface area contributed by atoms with E-state index in [0.717, 1.165) is 11.3 Å². The number of ether oxygens (including phenoxy) is 2. The molecule has 0 radical (unpaired) electrons. The lowest BCUT2D eigenvalue weighted by Gasteiger charge is -2.04. The Bertz CT molecular complexity index is 809. The van der Waals surface area contributed by atoms with Crippen LogP contribution in [-0.4, -0.2) is 35.0 Å². The van der Waals surface area contributed by atoms with E-state index < -0.39 is 5.97 Å². The number of aromatic nitrogens is 3. The van der Waals surface area contributed by atoms with Crippen molar-refractivity contribution in [2.75, 3.05) is 14.2 Å². The van der Waals surface area contributed by atoms with Gasteiger partial charge in [0.2, 0.25) is 0 Å². The van der Waals surface area contributed by atoms with E-state index in [-0.39, 0.29) is 5.69 Å². The van der Waals surface area contributed by atoms with Crippen LogP contribution in [0.5, 0.6) is 5.75 Å². The molecule has 0 aliphatic heterocycles. The molecule has 0 atom stereocenters. The molecule has 0 fully saturated rings. The molecule has 0 bridgehead atoms. The zero-order valence-corrected chi connectivity index (χ0v) is 12.3. The van der Waals surface area contributed by atoms with Gasteiger partial charge in [0, 0.05) is 6.20 Å². The molecule has 0 saturated heterocycles. The minimum absolute atomic E-state index is 0.277. The maximum Gasteiger partial charge on any atom is 0.359 e. The Morgan fingerprint density at radius 1 is 1.18 bits per heavy atom. The smallest absolute Gasteiger partial charge is 0.359 e. The van der Waals surface area contributed by atoms with Crippen LogP contribution in [0.1, 0.15) is 16.1 Å². The zero-order chi connectivity index (χ0) is 15.5. The first-order chi connectivity index (χ1) is 10.7. The Labute approximate surface area is 127 Å². The number of carbonyl (C=O) groups excluding carboxylic acids is 1. The summed E-state index contributed by atoms with van der Waals surface area (Å²) in [4.78, 5) is 16.2. The van der Waals surface area contributed by atoms with Gasteiger partial charge in [0.05, 0.1) is 26.2 Å². The van der Waals surface area contributed by atoms with E-state index in [9.17, 15) is 4.79 Å². The first-order valence-corrected chi connectivity index (χ1v) is 6.75. The maximum atomic E-state index is 11.8. The molecule has 2 heterocycles. The normalized spacial score (nSPS) is 10.6. The number of rotatable bonds is 4. The predicted molar refractivity (Wildman–Crippen MR) is 81.0 cm³/mol. The summed E-state index contributed by atoms with van der Waals surface area (Å²) >= 11 is 0. The number of hydrogen-bond acceptors (Lipinski definition) is 5. The highest BCUT2D eigenvalue weighted by Gasteiger charge is 2.18. The Morgan fingerprint density at radius 2 is 1.95 bits per heavy atom. The monoisotopic (exact) mass is 297 g/mol. The molecule has 0 unspecified atom stereocenters. The van der Waals surface area contributed by atoms with Gasteiger partial charge < -0.3 is 9.47 Å². The molecule has 0 N–H and O–H groups in total. The lowest BCUT2D eigenvalue weighted by Crippen LogP contribution is -2.06. The van der Waals surface area contributed by atoms with Gasteiger partial charge in [-0.15, -0.1) is 0 Å². The topological polar surface area (TPSA) is 66.2 Å². The molecule has 1 aromatic carbocycles. The quantitative estimate of drug-likeness (QED) is 0.691. The molecule has 0 saturated carbocycles. The van der Waals surface area contributed by atoms with E-state index in [1.165, 1.54) is 7.11 Å².